The lowest BCUT2D eigenvalue weighted by atomic mass is 10.0. The van der Waals surface area contributed by atoms with Crippen molar-refractivity contribution in [2.24, 2.45) is 0 Å². The average Bonchev–Trinajstić information content (AvgIpc) is 2.39. The third-order valence-corrected chi connectivity index (χ3v) is 2.58. The topological polar surface area (TPSA) is 59.0 Å². The molecule has 20 heavy (non-hydrogen) atoms. The van der Waals surface area contributed by atoms with E-state index in [2.05, 4.69) is 4.74 Å². The molecule has 0 amide bonds. The van der Waals surface area contributed by atoms with E-state index in [1.165, 1.54) is 24.3 Å². The van der Waals surface area contributed by atoms with Gasteiger partial charge in [-0.1, -0.05) is 12.1 Å². The predicted molar refractivity (Wildman–Crippen MR) is 67.7 cm³/mol. The number of rotatable bonds is 2. The monoisotopic (exact) mass is 278 g/mol. The zero-order valence-electron chi connectivity index (χ0n) is 10.1. The minimum atomic E-state index is -4.72. The van der Waals surface area contributed by atoms with E-state index in [1.54, 1.807) is 18.2 Å². The van der Waals surface area contributed by atoms with E-state index in [9.17, 15) is 13.2 Å². The van der Waals surface area contributed by atoms with Crippen molar-refractivity contribution in [1.82, 2.24) is 0 Å². The summed E-state index contributed by atoms with van der Waals surface area (Å²) >= 11 is 0. The minimum Gasteiger partial charge on any atom is -0.406 e. The van der Waals surface area contributed by atoms with Crippen molar-refractivity contribution in [3.8, 4) is 22.9 Å². The van der Waals surface area contributed by atoms with Crippen molar-refractivity contribution in [1.29, 1.82) is 5.26 Å². The highest BCUT2D eigenvalue weighted by Crippen LogP contribution is 2.30. The van der Waals surface area contributed by atoms with Gasteiger partial charge in [-0.25, -0.2) is 0 Å². The van der Waals surface area contributed by atoms with Crippen LogP contribution in [0.1, 0.15) is 5.56 Å². The number of ether oxygens (including phenoxy) is 1. The Hall–Kier alpha value is -2.68. The van der Waals surface area contributed by atoms with Gasteiger partial charge in [-0.05, 0) is 35.9 Å². The fourth-order valence-electron chi connectivity index (χ4n) is 1.71. The molecule has 0 heterocycles. The zero-order chi connectivity index (χ0) is 14.8. The van der Waals surface area contributed by atoms with Crippen LogP contribution < -0.4 is 10.5 Å². The Kier molecular flexibility index (Phi) is 3.53. The lowest BCUT2D eigenvalue weighted by molar-refractivity contribution is -0.274. The van der Waals surface area contributed by atoms with Crippen molar-refractivity contribution in [3.05, 3.63) is 48.0 Å². The second kappa shape index (κ2) is 5.13. The highest BCUT2D eigenvalue weighted by molar-refractivity contribution is 5.77. The Bertz CT molecular complexity index is 658. The molecule has 0 aromatic heterocycles. The maximum absolute atomic E-state index is 12.0. The highest BCUT2D eigenvalue weighted by Gasteiger charge is 2.30. The van der Waals surface area contributed by atoms with Crippen LogP contribution in [0.3, 0.4) is 0 Å². The average molecular weight is 278 g/mol. The first-order valence-corrected chi connectivity index (χ1v) is 5.55. The summed E-state index contributed by atoms with van der Waals surface area (Å²) in [6, 6.07) is 12.0. The molecule has 3 nitrogen and oxygen atoms in total. The van der Waals surface area contributed by atoms with Gasteiger partial charge in [0, 0.05) is 11.3 Å². The van der Waals surface area contributed by atoms with Crippen LogP contribution in [0.15, 0.2) is 42.5 Å². The number of nitriles is 1. The quantitative estimate of drug-likeness (QED) is 0.852. The number of hydrogen-bond donors (Lipinski definition) is 1. The molecule has 0 radical (unpaired) electrons. The Morgan fingerprint density at radius 1 is 1.05 bits per heavy atom. The van der Waals surface area contributed by atoms with Crippen LogP contribution in [0.4, 0.5) is 18.9 Å². The Morgan fingerprint density at radius 3 is 2.25 bits per heavy atom. The number of nitrogen functional groups attached to an aromatic ring is 1. The molecule has 0 aliphatic carbocycles. The van der Waals surface area contributed by atoms with Gasteiger partial charge in [-0.3, -0.25) is 0 Å². The maximum Gasteiger partial charge on any atom is 0.573 e. The first-order chi connectivity index (χ1) is 9.39. The molecule has 2 N–H and O–H groups in total. The molecule has 0 spiro atoms. The number of benzene rings is 2. The number of nitrogens with two attached hydrogens (primary N) is 1. The molecule has 0 aliphatic rings. The van der Waals surface area contributed by atoms with E-state index < -0.39 is 6.36 Å². The van der Waals surface area contributed by atoms with Crippen LogP contribution in [0.2, 0.25) is 0 Å². The molecule has 0 fully saturated rings. The molecule has 102 valence electrons. The van der Waals surface area contributed by atoms with Gasteiger partial charge in [0.15, 0.2) is 0 Å². The van der Waals surface area contributed by atoms with Gasteiger partial charge in [0.25, 0.3) is 0 Å². The summed E-state index contributed by atoms with van der Waals surface area (Å²) < 4.78 is 39.9. The standard InChI is InChI=1S/C14H9F3N2O/c15-14(16,17)20-11-4-2-10(3-5-11)12-7-9(8-18)1-6-13(12)19/h1-7H,19H2. The molecule has 2 aromatic rings. The Balaban J connectivity index is 2.33. The second-order valence-corrected chi connectivity index (χ2v) is 3.99. The summed E-state index contributed by atoms with van der Waals surface area (Å²) in [5.41, 5.74) is 7.85. The first kappa shape index (κ1) is 13.7. The summed E-state index contributed by atoms with van der Waals surface area (Å²) in [4.78, 5) is 0. The SMILES string of the molecule is N#Cc1ccc(N)c(-c2ccc(OC(F)(F)F)cc2)c1. The van der Waals surface area contributed by atoms with Gasteiger partial charge in [0.1, 0.15) is 5.75 Å². The number of alkyl halides is 3. The van der Waals surface area contributed by atoms with Crippen molar-refractivity contribution in [3.63, 3.8) is 0 Å². The first-order valence-electron chi connectivity index (χ1n) is 5.55. The molecular formula is C14H9F3N2O. The Morgan fingerprint density at radius 2 is 1.70 bits per heavy atom. The number of hydrogen-bond acceptors (Lipinski definition) is 3. The minimum absolute atomic E-state index is 0.309. The van der Waals surface area contributed by atoms with Gasteiger partial charge in [-0.15, -0.1) is 13.2 Å². The van der Waals surface area contributed by atoms with Crippen molar-refractivity contribution >= 4 is 5.69 Å². The zero-order valence-corrected chi connectivity index (χ0v) is 10.1. The van der Waals surface area contributed by atoms with E-state index in [-0.39, 0.29) is 5.75 Å². The fourth-order valence-corrected chi connectivity index (χ4v) is 1.71. The van der Waals surface area contributed by atoms with Crippen LogP contribution >= 0.6 is 0 Å². The normalized spacial score (nSPS) is 10.9. The summed E-state index contributed by atoms with van der Waals surface area (Å²) in [6.45, 7) is 0. The van der Waals surface area contributed by atoms with Gasteiger partial charge >= 0.3 is 6.36 Å². The molecule has 0 unspecified atom stereocenters. The van der Waals surface area contributed by atoms with Crippen molar-refractivity contribution in [2.45, 2.75) is 6.36 Å². The Labute approximate surface area is 113 Å². The summed E-state index contributed by atoms with van der Waals surface area (Å²) in [5.74, 6) is -0.309. The summed E-state index contributed by atoms with van der Waals surface area (Å²) in [6.07, 6.45) is -4.72. The third kappa shape index (κ3) is 3.20. The molecule has 6 heteroatoms. The molecule has 0 bridgehead atoms. The van der Waals surface area contributed by atoms with Crippen LogP contribution in [0.25, 0.3) is 11.1 Å². The van der Waals surface area contributed by atoms with Gasteiger partial charge in [0.2, 0.25) is 0 Å². The van der Waals surface area contributed by atoms with E-state index in [4.69, 9.17) is 11.0 Å². The second-order valence-electron chi connectivity index (χ2n) is 3.99. The number of anilines is 1. The lowest BCUT2D eigenvalue weighted by Gasteiger charge is -2.10. The van der Waals surface area contributed by atoms with Crippen LogP contribution in [-0.2, 0) is 0 Å². The van der Waals surface area contributed by atoms with Gasteiger partial charge in [-0.2, -0.15) is 5.26 Å². The summed E-state index contributed by atoms with van der Waals surface area (Å²) in [7, 11) is 0. The molecule has 0 atom stereocenters. The maximum atomic E-state index is 12.0. The molecule has 0 saturated carbocycles. The van der Waals surface area contributed by atoms with E-state index in [0.29, 0.717) is 22.4 Å². The molecular weight excluding hydrogens is 269 g/mol. The highest BCUT2D eigenvalue weighted by atomic mass is 19.4. The molecule has 2 rings (SSSR count). The lowest BCUT2D eigenvalue weighted by Crippen LogP contribution is -2.16. The number of halogens is 3. The summed E-state index contributed by atoms with van der Waals surface area (Å²) in [5, 5.41) is 8.84. The molecule has 2 aromatic carbocycles. The van der Waals surface area contributed by atoms with E-state index in [1.807, 2.05) is 6.07 Å². The van der Waals surface area contributed by atoms with Gasteiger partial charge in [0.05, 0.1) is 11.6 Å². The third-order valence-electron chi connectivity index (χ3n) is 2.58. The number of nitrogens with zero attached hydrogens (tertiary/aromatic N) is 1. The van der Waals surface area contributed by atoms with Gasteiger partial charge < -0.3 is 10.5 Å². The molecule has 0 aliphatic heterocycles. The van der Waals surface area contributed by atoms with Crippen LogP contribution in [0, 0.1) is 11.3 Å². The fraction of sp³-hybridized carbons (Fsp3) is 0.0714. The van der Waals surface area contributed by atoms with Crippen LogP contribution in [0.5, 0.6) is 5.75 Å². The van der Waals surface area contributed by atoms with Crippen molar-refractivity contribution in [2.75, 3.05) is 5.73 Å². The predicted octanol–water partition coefficient (Wildman–Crippen LogP) is 3.71. The smallest absolute Gasteiger partial charge is 0.406 e. The largest absolute Gasteiger partial charge is 0.573 e. The van der Waals surface area contributed by atoms with Crippen molar-refractivity contribution < 1.29 is 17.9 Å². The van der Waals surface area contributed by atoms with E-state index in [0.717, 1.165) is 0 Å². The van der Waals surface area contributed by atoms with E-state index >= 15 is 0 Å². The molecule has 0 saturated heterocycles. The van der Waals surface area contributed by atoms with Crippen LogP contribution in [-0.4, -0.2) is 6.36 Å².